The smallest absolute Gasteiger partial charge is 0.251 e. The third kappa shape index (κ3) is 6.86. The number of benzene rings is 3. The number of nitrogens with zero attached hydrogens (tertiary/aromatic N) is 1. The summed E-state index contributed by atoms with van der Waals surface area (Å²) in [5, 5.41) is 6.68. The third-order valence-electron chi connectivity index (χ3n) is 7.55. The summed E-state index contributed by atoms with van der Waals surface area (Å²) in [6.45, 7) is 3.67. The van der Waals surface area contributed by atoms with Crippen LogP contribution in [0, 0.1) is 6.92 Å². The zero-order chi connectivity index (χ0) is 26.3. The van der Waals surface area contributed by atoms with Gasteiger partial charge in [-0.05, 0) is 61.4 Å². The number of likely N-dealkylation sites (tertiary alicyclic amines) is 1. The van der Waals surface area contributed by atoms with Crippen molar-refractivity contribution in [3.05, 3.63) is 95.6 Å². The minimum absolute atomic E-state index is 0.0374. The largest absolute Gasteiger partial charge is 0.341 e. The van der Waals surface area contributed by atoms with Crippen molar-refractivity contribution in [1.82, 2.24) is 15.5 Å². The van der Waals surface area contributed by atoms with Crippen molar-refractivity contribution in [3.63, 3.8) is 0 Å². The quantitative estimate of drug-likeness (QED) is 0.266. The fraction of sp³-hybridized carbons (Fsp3) is 0.375. The molecule has 3 atom stereocenters. The highest BCUT2D eigenvalue weighted by Crippen LogP contribution is 2.40. The van der Waals surface area contributed by atoms with Gasteiger partial charge >= 0.3 is 0 Å². The van der Waals surface area contributed by atoms with Crippen LogP contribution in [0.1, 0.15) is 53.1 Å². The van der Waals surface area contributed by atoms with E-state index in [0.717, 1.165) is 55.8 Å². The lowest BCUT2D eigenvalue weighted by molar-refractivity contribution is -0.133. The topological polar surface area (TPSA) is 61.4 Å². The van der Waals surface area contributed by atoms with Gasteiger partial charge in [-0.1, -0.05) is 72.3 Å². The molecule has 3 aromatic rings. The molecule has 1 saturated heterocycles. The molecule has 38 heavy (non-hydrogen) atoms. The Balaban J connectivity index is 1.16. The molecule has 6 heteroatoms. The van der Waals surface area contributed by atoms with E-state index in [0.29, 0.717) is 23.3 Å². The second kappa shape index (κ2) is 12.6. The van der Waals surface area contributed by atoms with Crippen LogP contribution in [0.15, 0.2) is 78.9 Å². The maximum atomic E-state index is 13.4. The predicted molar refractivity (Wildman–Crippen MR) is 156 cm³/mol. The Hall–Kier alpha value is -3.09. The Morgan fingerprint density at radius 1 is 0.895 bits per heavy atom. The Morgan fingerprint density at radius 2 is 1.58 bits per heavy atom. The lowest BCUT2D eigenvalue weighted by Crippen LogP contribution is -2.51. The SMILES string of the molecule is Cc1ccc([C@@H]2CC2NCSC[C@H](NC(=O)c2ccc(-c3ccccc3)cc2)C(=O)N2CCCCC2)cc1. The Kier molecular flexibility index (Phi) is 8.82. The van der Waals surface area contributed by atoms with Crippen LogP contribution < -0.4 is 10.6 Å². The molecular weight excluding hydrogens is 490 g/mol. The van der Waals surface area contributed by atoms with Crippen LogP contribution in [0.2, 0.25) is 0 Å². The van der Waals surface area contributed by atoms with Gasteiger partial charge in [0.25, 0.3) is 5.91 Å². The minimum atomic E-state index is -0.534. The Labute approximate surface area is 230 Å². The molecule has 5 nitrogen and oxygen atoms in total. The first-order valence-corrected chi connectivity index (χ1v) is 14.9. The maximum absolute atomic E-state index is 13.4. The molecule has 1 heterocycles. The molecular formula is C32H37N3O2S. The molecule has 2 aliphatic rings. The van der Waals surface area contributed by atoms with Crippen molar-refractivity contribution in [3.8, 4) is 11.1 Å². The average Bonchev–Trinajstić information content (AvgIpc) is 3.75. The first-order valence-electron chi connectivity index (χ1n) is 13.7. The maximum Gasteiger partial charge on any atom is 0.251 e. The number of carbonyl (C=O) groups is 2. The number of amides is 2. The van der Waals surface area contributed by atoms with Gasteiger partial charge in [-0.2, -0.15) is 0 Å². The molecule has 0 aromatic heterocycles. The van der Waals surface area contributed by atoms with Crippen LogP contribution in [0.5, 0.6) is 0 Å². The van der Waals surface area contributed by atoms with Gasteiger partial charge in [0.15, 0.2) is 0 Å². The number of thioether (sulfide) groups is 1. The zero-order valence-electron chi connectivity index (χ0n) is 22.1. The summed E-state index contributed by atoms with van der Waals surface area (Å²) in [5.74, 6) is 1.72. The molecule has 5 rings (SSSR count). The molecule has 2 N–H and O–H groups in total. The van der Waals surface area contributed by atoms with Gasteiger partial charge in [-0.3, -0.25) is 9.59 Å². The fourth-order valence-corrected chi connectivity index (χ4v) is 6.05. The van der Waals surface area contributed by atoms with Crippen LogP contribution in [0.4, 0.5) is 0 Å². The van der Waals surface area contributed by atoms with E-state index in [-0.39, 0.29) is 11.8 Å². The van der Waals surface area contributed by atoms with E-state index in [4.69, 9.17) is 0 Å². The Morgan fingerprint density at radius 3 is 2.29 bits per heavy atom. The van der Waals surface area contributed by atoms with E-state index >= 15 is 0 Å². The summed E-state index contributed by atoms with van der Waals surface area (Å²) in [7, 11) is 0. The summed E-state index contributed by atoms with van der Waals surface area (Å²) < 4.78 is 0. The molecule has 1 aliphatic carbocycles. The molecule has 1 unspecified atom stereocenters. The number of hydrogen-bond donors (Lipinski definition) is 2. The zero-order valence-corrected chi connectivity index (χ0v) is 22.9. The van der Waals surface area contributed by atoms with Crippen LogP contribution in [0.3, 0.4) is 0 Å². The number of nitrogens with one attached hydrogen (secondary N) is 2. The van der Waals surface area contributed by atoms with Crippen molar-refractivity contribution in [2.45, 2.75) is 50.6 Å². The predicted octanol–water partition coefficient (Wildman–Crippen LogP) is 5.61. The van der Waals surface area contributed by atoms with Crippen molar-refractivity contribution in [2.75, 3.05) is 24.7 Å². The van der Waals surface area contributed by atoms with Crippen molar-refractivity contribution in [1.29, 1.82) is 0 Å². The summed E-state index contributed by atoms with van der Waals surface area (Å²) in [6.07, 6.45) is 4.38. The number of carbonyl (C=O) groups excluding carboxylic acids is 2. The monoisotopic (exact) mass is 527 g/mol. The summed E-state index contributed by atoms with van der Waals surface area (Å²) in [6, 6.07) is 26.5. The molecule has 0 radical (unpaired) electrons. The highest BCUT2D eigenvalue weighted by molar-refractivity contribution is 7.99. The first-order chi connectivity index (χ1) is 18.6. The molecule has 1 saturated carbocycles. The molecule has 3 aromatic carbocycles. The van der Waals surface area contributed by atoms with Gasteiger partial charge in [0.05, 0.1) is 0 Å². The number of piperidine rings is 1. The molecule has 198 valence electrons. The van der Waals surface area contributed by atoms with Crippen LogP contribution in [-0.4, -0.2) is 53.5 Å². The average molecular weight is 528 g/mol. The lowest BCUT2D eigenvalue weighted by Gasteiger charge is -2.30. The van der Waals surface area contributed by atoms with E-state index in [1.54, 1.807) is 11.8 Å². The van der Waals surface area contributed by atoms with Crippen LogP contribution in [-0.2, 0) is 4.79 Å². The van der Waals surface area contributed by atoms with E-state index in [2.05, 4.69) is 54.0 Å². The second-order valence-electron chi connectivity index (χ2n) is 10.4. The number of rotatable bonds is 10. The minimum Gasteiger partial charge on any atom is -0.341 e. The molecule has 2 fully saturated rings. The number of aryl methyl sites for hydroxylation is 1. The van der Waals surface area contributed by atoms with Gasteiger partial charge in [0.2, 0.25) is 5.91 Å². The van der Waals surface area contributed by atoms with Crippen molar-refractivity contribution >= 4 is 23.6 Å². The highest BCUT2D eigenvalue weighted by Gasteiger charge is 2.37. The lowest BCUT2D eigenvalue weighted by atomic mass is 10.0. The van der Waals surface area contributed by atoms with Gasteiger partial charge < -0.3 is 15.5 Å². The van der Waals surface area contributed by atoms with Gasteiger partial charge in [0, 0.05) is 42.2 Å². The number of hydrogen-bond acceptors (Lipinski definition) is 4. The van der Waals surface area contributed by atoms with Crippen molar-refractivity contribution in [2.24, 2.45) is 0 Å². The first kappa shape index (κ1) is 26.5. The third-order valence-corrected chi connectivity index (χ3v) is 8.49. The van der Waals surface area contributed by atoms with E-state index in [9.17, 15) is 9.59 Å². The standard InChI is InChI=1S/C32H37N3O2S/c1-23-10-12-26(13-11-23)28-20-29(28)33-22-38-21-30(32(37)35-18-6-3-7-19-35)34-31(36)27-16-14-25(15-17-27)24-8-4-2-5-9-24/h2,4-5,8-17,28-30,33H,3,6-7,18-22H2,1H3,(H,34,36)/t28-,29?,30-/m0/s1. The fourth-order valence-electron chi connectivity index (χ4n) is 5.14. The molecule has 2 amide bonds. The van der Waals surface area contributed by atoms with Crippen LogP contribution in [0.25, 0.3) is 11.1 Å². The molecule has 0 bridgehead atoms. The second-order valence-corrected chi connectivity index (χ2v) is 11.5. The summed E-state index contributed by atoms with van der Waals surface area (Å²) in [4.78, 5) is 28.5. The van der Waals surface area contributed by atoms with E-state index in [1.165, 1.54) is 11.1 Å². The van der Waals surface area contributed by atoms with E-state index < -0.39 is 6.04 Å². The highest BCUT2D eigenvalue weighted by atomic mass is 32.2. The van der Waals surface area contributed by atoms with E-state index in [1.807, 2.05) is 47.4 Å². The van der Waals surface area contributed by atoms with Gasteiger partial charge in [-0.25, -0.2) is 0 Å². The van der Waals surface area contributed by atoms with Gasteiger partial charge in [-0.15, -0.1) is 11.8 Å². The summed E-state index contributed by atoms with van der Waals surface area (Å²) >= 11 is 1.69. The normalized spacial score (nSPS) is 19.6. The van der Waals surface area contributed by atoms with Crippen molar-refractivity contribution < 1.29 is 9.59 Å². The summed E-state index contributed by atoms with van der Waals surface area (Å²) in [5.41, 5.74) is 5.42. The van der Waals surface area contributed by atoms with Gasteiger partial charge in [0.1, 0.15) is 6.04 Å². The van der Waals surface area contributed by atoms with Crippen LogP contribution >= 0.6 is 11.8 Å². The molecule has 0 spiro atoms. The Bertz CT molecular complexity index is 1210. The molecule has 1 aliphatic heterocycles.